The van der Waals surface area contributed by atoms with Crippen LogP contribution in [-0.2, 0) is 0 Å². The molecule has 2 rings (SSSR count). The van der Waals surface area contributed by atoms with Crippen LogP contribution in [0.25, 0.3) is 0 Å². The van der Waals surface area contributed by atoms with E-state index in [2.05, 4.69) is 29.0 Å². The Hall–Kier alpha value is -1.62. The summed E-state index contributed by atoms with van der Waals surface area (Å²) >= 11 is 0. The number of hydrogen-bond donors (Lipinski definition) is 1. The number of anilines is 1. The number of rotatable bonds is 2. The number of carbonyl (C=O) groups excluding carboxylic acids is 1. The third kappa shape index (κ3) is 3.23. The average Bonchev–Trinajstić information content (AvgIpc) is 2.37. The standard InChI is InChI=1S/C14H22N4O/c1-14(2)10-18(8-7-16-14)12-6-5-11(9-15-12)13(19)17(3)4/h5-6,9,16H,7-8,10H2,1-4H3. The fraction of sp³-hybridized carbons (Fsp3) is 0.571. The summed E-state index contributed by atoms with van der Waals surface area (Å²) in [5, 5.41) is 3.47. The molecule has 5 nitrogen and oxygen atoms in total. The van der Waals surface area contributed by atoms with Gasteiger partial charge in [-0.3, -0.25) is 4.79 Å². The van der Waals surface area contributed by atoms with Crippen molar-refractivity contribution in [3.8, 4) is 0 Å². The van der Waals surface area contributed by atoms with Crippen LogP contribution in [0, 0.1) is 0 Å². The van der Waals surface area contributed by atoms with Crippen LogP contribution in [-0.4, -0.2) is 55.1 Å². The van der Waals surface area contributed by atoms with Crippen molar-refractivity contribution in [3.63, 3.8) is 0 Å². The van der Waals surface area contributed by atoms with Crippen molar-refractivity contribution >= 4 is 11.7 Å². The lowest BCUT2D eigenvalue weighted by molar-refractivity contribution is 0.0827. The largest absolute Gasteiger partial charge is 0.354 e. The number of nitrogens with zero attached hydrogens (tertiary/aromatic N) is 3. The predicted octanol–water partition coefficient (Wildman–Crippen LogP) is 0.972. The minimum Gasteiger partial charge on any atom is -0.354 e. The molecule has 1 aliphatic heterocycles. The highest BCUT2D eigenvalue weighted by Gasteiger charge is 2.26. The molecule has 5 heteroatoms. The molecule has 0 unspecified atom stereocenters. The Morgan fingerprint density at radius 3 is 2.68 bits per heavy atom. The molecule has 0 aliphatic carbocycles. The average molecular weight is 262 g/mol. The zero-order valence-corrected chi connectivity index (χ0v) is 12.1. The van der Waals surface area contributed by atoms with Crippen molar-refractivity contribution in [2.75, 3.05) is 38.6 Å². The Bertz CT molecular complexity index is 453. The molecular formula is C14H22N4O. The van der Waals surface area contributed by atoms with Crippen LogP contribution in [0.5, 0.6) is 0 Å². The Balaban J connectivity index is 2.12. The molecule has 1 aliphatic rings. The van der Waals surface area contributed by atoms with Gasteiger partial charge < -0.3 is 15.1 Å². The number of carbonyl (C=O) groups is 1. The van der Waals surface area contributed by atoms with Crippen molar-refractivity contribution in [2.24, 2.45) is 0 Å². The summed E-state index contributed by atoms with van der Waals surface area (Å²) in [5.41, 5.74) is 0.723. The minimum absolute atomic E-state index is 0.0142. The number of pyridine rings is 1. The third-order valence-corrected chi connectivity index (χ3v) is 3.30. The van der Waals surface area contributed by atoms with Gasteiger partial charge in [0, 0.05) is 45.5 Å². The Kier molecular flexibility index (Phi) is 3.75. The van der Waals surface area contributed by atoms with Crippen molar-refractivity contribution in [1.82, 2.24) is 15.2 Å². The molecule has 1 fully saturated rings. The molecule has 1 saturated heterocycles. The fourth-order valence-corrected chi connectivity index (χ4v) is 2.29. The van der Waals surface area contributed by atoms with Crippen LogP contribution < -0.4 is 10.2 Å². The summed E-state index contributed by atoms with van der Waals surface area (Å²) in [6, 6.07) is 3.78. The zero-order chi connectivity index (χ0) is 14.0. The van der Waals surface area contributed by atoms with Gasteiger partial charge in [-0.05, 0) is 26.0 Å². The molecule has 1 N–H and O–H groups in total. The summed E-state index contributed by atoms with van der Waals surface area (Å²) in [6.07, 6.45) is 1.66. The first-order valence-corrected chi connectivity index (χ1v) is 6.57. The minimum atomic E-state index is -0.0142. The first-order valence-electron chi connectivity index (χ1n) is 6.57. The van der Waals surface area contributed by atoms with Crippen molar-refractivity contribution < 1.29 is 4.79 Å². The van der Waals surface area contributed by atoms with E-state index in [1.54, 1.807) is 25.2 Å². The van der Waals surface area contributed by atoms with Gasteiger partial charge in [0.15, 0.2) is 0 Å². The van der Waals surface area contributed by atoms with Gasteiger partial charge in [0.2, 0.25) is 0 Å². The van der Waals surface area contributed by atoms with Gasteiger partial charge in [0.25, 0.3) is 5.91 Å². The van der Waals surface area contributed by atoms with Gasteiger partial charge in [-0.15, -0.1) is 0 Å². The van der Waals surface area contributed by atoms with E-state index >= 15 is 0 Å². The topological polar surface area (TPSA) is 48.5 Å². The first kappa shape index (κ1) is 13.8. The van der Waals surface area contributed by atoms with Crippen LogP contribution in [0.4, 0.5) is 5.82 Å². The lowest BCUT2D eigenvalue weighted by atomic mass is 10.0. The molecule has 1 aromatic rings. The van der Waals surface area contributed by atoms with E-state index in [0.717, 1.165) is 25.5 Å². The predicted molar refractivity (Wildman–Crippen MR) is 76.5 cm³/mol. The maximum Gasteiger partial charge on any atom is 0.254 e. The Morgan fingerprint density at radius 1 is 1.42 bits per heavy atom. The smallest absolute Gasteiger partial charge is 0.254 e. The highest BCUT2D eigenvalue weighted by atomic mass is 16.2. The molecule has 1 aromatic heterocycles. The molecule has 104 valence electrons. The normalized spacial score (nSPS) is 18.2. The molecule has 0 bridgehead atoms. The highest BCUT2D eigenvalue weighted by molar-refractivity contribution is 5.93. The second kappa shape index (κ2) is 5.17. The lowest BCUT2D eigenvalue weighted by Crippen LogP contribution is -2.57. The molecule has 2 heterocycles. The maximum absolute atomic E-state index is 11.8. The van der Waals surface area contributed by atoms with Crippen LogP contribution in [0.15, 0.2) is 18.3 Å². The molecule has 0 radical (unpaired) electrons. The van der Waals surface area contributed by atoms with E-state index < -0.39 is 0 Å². The van der Waals surface area contributed by atoms with Crippen LogP contribution in [0.2, 0.25) is 0 Å². The number of hydrogen-bond acceptors (Lipinski definition) is 4. The molecule has 0 saturated carbocycles. The maximum atomic E-state index is 11.8. The monoisotopic (exact) mass is 262 g/mol. The van der Waals surface area contributed by atoms with Gasteiger partial charge in [0.1, 0.15) is 5.82 Å². The molecule has 0 spiro atoms. The Labute approximate surface area is 114 Å². The molecule has 1 amide bonds. The zero-order valence-electron chi connectivity index (χ0n) is 12.1. The van der Waals surface area contributed by atoms with Gasteiger partial charge in [-0.2, -0.15) is 0 Å². The quantitative estimate of drug-likeness (QED) is 0.863. The highest BCUT2D eigenvalue weighted by Crippen LogP contribution is 2.18. The second-order valence-corrected chi connectivity index (χ2v) is 5.84. The second-order valence-electron chi connectivity index (χ2n) is 5.84. The van der Waals surface area contributed by atoms with Crippen molar-refractivity contribution in [2.45, 2.75) is 19.4 Å². The van der Waals surface area contributed by atoms with E-state index in [9.17, 15) is 4.79 Å². The fourth-order valence-electron chi connectivity index (χ4n) is 2.29. The van der Waals surface area contributed by atoms with Gasteiger partial charge in [-0.25, -0.2) is 4.98 Å². The van der Waals surface area contributed by atoms with Crippen molar-refractivity contribution in [1.29, 1.82) is 0 Å². The molecule has 0 atom stereocenters. The van der Waals surface area contributed by atoms with E-state index in [1.165, 1.54) is 0 Å². The molecular weight excluding hydrogens is 240 g/mol. The van der Waals surface area contributed by atoms with Crippen LogP contribution in [0.1, 0.15) is 24.2 Å². The lowest BCUT2D eigenvalue weighted by Gasteiger charge is -2.39. The number of piperazine rings is 1. The van der Waals surface area contributed by atoms with Crippen LogP contribution >= 0.6 is 0 Å². The summed E-state index contributed by atoms with van der Waals surface area (Å²) in [5.74, 6) is 0.921. The number of nitrogens with one attached hydrogen (secondary N) is 1. The summed E-state index contributed by atoms with van der Waals surface area (Å²) in [4.78, 5) is 20.0. The third-order valence-electron chi connectivity index (χ3n) is 3.30. The van der Waals surface area contributed by atoms with E-state index in [4.69, 9.17) is 0 Å². The number of amides is 1. The Morgan fingerprint density at radius 2 is 2.16 bits per heavy atom. The van der Waals surface area contributed by atoms with E-state index in [-0.39, 0.29) is 11.4 Å². The SMILES string of the molecule is CN(C)C(=O)c1ccc(N2CCNC(C)(C)C2)nc1. The summed E-state index contributed by atoms with van der Waals surface area (Å²) in [6.45, 7) is 7.18. The summed E-state index contributed by atoms with van der Waals surface area (Å²) in [7, 11) is 3.49. The molecule has 0 aromatic carbocycles. The van der Waals surface area contributed by atoms with Crippen LogP contribution in [0.3, 0.4) is 0 Å². The van der Waals surface area contributed by atoms with E-state index in [0.29, 0.717) is 5.56 Å². The van der Waals surface area contributed by atoms with Crippen molar-refractivity contribution in [3.05, 3.63) is 23.9 Å². The van der Waals surface area contributed by atoms with Gasteiger partial charge in [-0.1, -0.05) is 0 Å². The molecule has 19 heavy (non-hydrogen) atoms. The van der Waals surface area contributed by atoms with E-state index in [1.807, 2.05) is 12.1 Å². The van der Waals surface area contributed by atoms with Gasteiger partial charge >= 0.3 is 0 Å². The summed E-state index contributed by atoms with van der Waals surface area (Å²) < 4.78 is 0. The van der Waals surface area contributed by atoms with Gasteiger partial charge in [0.05, 0.1) is 5.56 Å². The first-order chi connectivity index (χ1) is 8.89. The number of aromatic nitrogens is 1.